The highest BCUT2D eigenvalue weighted by molar-refractivity contribution is 7.91. The van der Waals surface area contributed by atoms with Crippen molar-refractivity contribution in [3.05, 3.63) is 0 Å². The summed E-state index contributed by atoms with van der Waals surface area (Å²) in [7, 11) is -2.95. The summed E-state index contributed by atoms with van der Waals surface area (Å²) in [6.45, 7) is 7.69. The first-order valence-corrected chi connectivity index (χ1v) is 8.18. The highest BCUT2D eigenvalue weighted by Gasteiger charge is 2.23. The number of hydrogen-bond donors (Lipinski definition) is 1. The summed E-state index contributed by atoms with van der Waals surface area (Å²) in [5.74, 6) is 0.457. The van der Waals surface area contributed by atoms with E-state index in [0.717, 1.165) is 19.4 Å². The molecule has 1 heterocycles. The summed E-state index contributed by atoms with van der Waals surface area (Å²) < 4.78 is 29.0. The van der Waals surface area contributed by atoms with Gasteiger partial charge < -0.3 is 10.1 Å². The Morgan fingerprint density at radius 3 is 2.59 bits per heavy atom. The fourth-order valence-corrected chi connectivity index (χ4v) is 3.48. The van der Waals surface area contributed by atoms with Crippen LogP contribution in [-0.4, -0.2) is 44.7 Å². The lowest BCUT2D eigenvalue weighted by Crippen LogP contribution is -2.37. The molecule has 1 N–H and O–H groups in total. The molecule has 0 bridgehead atoms. The molecule has 4 nitrogen and oxygen atoms in total. The van der Waals surface area contributed by atoms with Gasteiger partial charge in [0.2, 0.25) is 0 Å². The molecular weight excluding hydrogens is 238 g/mol. The molecule has 1 fully saturated rings. The topological polar surface area (TPSA) is 55.4 Å². The molecule has 0 radical (unpaired) electrons. The third-order valence-electron chi connectivity index (χ3n) is 2.75. The van der Waals surface area contributed by atoms with Crippen molar-refractivity contribution in [2.45, 2.75) is 51.7 Å². The van der Waals surface area contributed by atoms with Crippen molar-refractivity contribution in [2.24, 2.45) is 0 Å². The fourth-order valence-electron chi connectivity index (χ4n) is 1.90. The lowest BCUT2D eigenvalue weighted by atomic mass is 10.1. The maximum Gasteiger partial charge on any atom is 0.152 e. The van der Waals surface area contributed by atoms with Crippen molar-refractivity contribution in [1.82, 2.24) is 5.32 Å². The standard InChI is InChI=1S/C12H25NO3S/c1-12(2,3)13-7-5-9-17(14,15)10-11-6-4-8-16-11/h11,13H,4-10H2,1-3H3. The van der Waals surface area contributed by atoms with E-state index in [2.05, 4.69) is 26.1 Å². The van der Waals surface area contributed by atoms with Crippen LogP contribution in [0.1, 0.15) is 40.0 Å². The molecule has 0 saturated carbocycles. The summed E-state index contributed by atoms with van der Waals surface area (Å²) in [5.41, 5.74) is 0.0539. The molecule has 0 aliphatic carbocycles. The Bertz CT molecular complexity index is 313. The summed E-state index contributed by atoms with van der Waals surface area (Å²) >= 11 is 0. The lowest BCUT2D eigenvalue weighted by Gasteiger charge is -2.20. The Hall–Kier alpha value is -0.130. The molecule has 0 aromatic carbocycles. The first-order chi connectivity index (χ1) is 7.79. The Morgan fingerprint density at radius 1 is 1.35 bits per heavy atom. The van der Waals surface area contributed by atoms with E-state index in [0.29, 0.717) is 13.0 Å². The van der Waals surface area contributed by atoms with Crippen molar-refractivity contribution in [3.63, 3.8) is 0 Å². The second-order valence-electron chi connectivity index (χ2n) is 5.78. The molecule has 1 atom stereocenters. The van der Waals surface area contributed by atoms with E-state index in [4.69, 9.17) is 4.74 Å². The maximum atomic E-state index is 11.8. The van der Waals surface area contributed by atoms with E-state index in [9.17, 15) is 8.42 Å². The van der Waals surface area contributed by atoms with Crippen LogP contribution in [0.15, 0.2) is 0 Å². The highest BCUT2D eigenvalue weighted by atomic mass is 32.2. The molecule has 0 aromatic rings. The zero-order chi connectivity index (χ0) is 12.9. The quantitative estimate of drug-likeness (QED) is 0.735. The van der Waals surface area contributed by atoms with Gasteiger partial charge in [-0.25, -0.2) is 8.42 Å². The molecule has 102 valence electrons. The van der Waals surface area contributed by atoms with Gasteiger partial charge in [0, 0.05) is 12.1 Å². The van der Waals surface area contributed by atoms with Crippen molar-refractivity contribution < 1.29 is 13.2 Å². The van der Waals surface area contributed by atoms with E-state index >= 15 is 0 Å². The van der Waals surface area contributed by atoms with E-state index in [-0.39, 0.29) is 23.1 Å². The van der Waals surface area contributed by atoms with Crippen LogP contribution >= 0.6 is 0 Å². The summed E-state index contributed by atoms with van der Waals surface area (Å²) in [6.07, 6.45) is 2.49. The third-order valence-corrected chi connectivity index (χ3v) is 4.54. The van der Waals surface area contributed by atoms with E-state index in [1.54, 1.807) is 0 Å². The Labute approximate surface area is 105 Å². The number of nitrogens with one attached hydrogen (secondary N) is 1. The van der Waals surface area contributed by atoms with Crippen LogP contribution in [0.3, 0.4) is 0 Å². The molecule has 1 aliphatic rings. The molecule has 1 saturated heterocycles. The predicted molar refractivity (Wildman–Crippen MR) is 70.0 cm³/mol. The monoisotopic (exact) mass is 263 g/mol. The molecule has 17 heavy (non-hydrogen) atoms. The van der Waals surface area contributed by atoms with Crippen molar-refractivity contribution in [1.29, 1.82) is 0 Å². The van der Waals surface area contributed by atoms with Crippen molar-refractivity contribution in [2.75, 3.05) is 24.7 Å². The molecule has 1 rings (SSSR count). The number of rotatable bonds is 6. The summed E-state index contributed by atoms with van der Waals surface area (Å²) in [4.78, 5) is 0. The summed E-state index contributed by atoms with van der Waals surface area (Å²) in [5, 5.41) is 3.29. The average molecular weight is 263 g/mol. The number of ether oxygens (including phenoxy) is 1. The second kappa shape index (κ2) is 6.16. The minimum absolute atomic E-state index is 0.0539. The molecular formula is C12H25NO3S. The van der Waals surface area contributed by atoms with Gasteiger partial charge in [-0.1, -0.05) is 0 Å². The van der Waals surface area contributed by atoms with Gasteiger partial charge in [0.1, 0.15) is 0 Å². The first kappa shape index (κ1) is 14.9. The average Bonchev–Trinajstić information content (AvgIpc) is 2.63. The second-order valence-corrected chi connectivity index (χ2v) is 8.01. The molecule has 0 aromatic heterocycles. The van der Waals surface area contributed by atoms with Gasteiger partial charge in [-0.3, -0.25) is 0 Å². The molecule has 1 aliphatic heterocycles. The zero-order valence-electron chi connectivity index (χ0n) is 11.2. The van der Waals surface area contributed by atoms with Gasteiger partial charge in [0.05, 0.1) is 17.6 Å². The van der Waals surface area contributed by atoms with Crippen LogP contribution in [-0.2, 0) is 14.6 Å². The third kappa shape index (κ3) is 7.01. The van der Waals surface area contributed by atoms with Crippen LogP contribution < -0.4 is 5.32 Å². The van der Waals surface area contributed by atoms with E-state index in [1.807, 2.05) is 0 Å². The van der Waals surface area contributed by atoms with Crippen LogP contribution in [0.25, 0.3) is 0 Å². The highest BCUT2D eigenvalue weighted by Crippen LogP contribution is 2.14. The van der Waals surface area contributed by atoms with Gasteiger partial charge in [0.25, 0.3) is 0 Å². The lowest BCUT2D eigenvalue weighted by molar-refractivity contribution is 0.127. The largest absolute Gasteiger partial charge is 0.377 e. The fraction of sp³-hybridized carbons (Fsp3) is 1.00. The molecule has 5 heteroatoms. The smallest absolute Gasteiger partial charge is 0.152 e. The maximum absolute atomic E-state index is 11.8. The van der Waals surface area contributed by atoms with Gasteiger partial charge in [-0.15, -0.1) is 0 Å². The Kier molecular flexibility index (Phi) is 5.41. The Balaban J connectivity index is 2.20. The van der Waals surface area contributed by atoms with Gasteiger partial charge in [-0.05, 0) is 46.6 Å². The van der Waals surface area contributed by atoms with Crippen LogP contribution in [0.5, 0.6) is 0 Å². The summed E-state index contributed by atoms with van der Waals surface area (Å²) in [6, 6.07) is 0. The molecule has 1 unspecified atom stereocenters. The SMILES string of the molecule is CC(C)(C)NCCCS(=O)(=O)CC1CCCO1. The zero-order valence-corrected chi connectivity index (χ0v) is 12.0. The Morgan fingerprint density at radius 2 is 2.06 bits per heavy atom. The van der Waals surface area contributed by atoms with Crippen molar-refractivity contribution >= 4 is 9.84 Å². The van der Waals surface area contributed by atoms with E-state index < -0.39 is 9.84 Å². The van der Waals surface area contributed by atoms with E-state index in [1.165, 1.54) is 0 Å². The normalized spacial score (nSPS) is 21.9. The van der Waals surface area contributed by atoms with Gasteiger partial charge in [-0.2, -0.15) is 0 Å². The predicted octanol–water partition coefficient (Wildman–Crippen LogP) is 1.36. The van der Waals surface area contributed by atoms with Crippen molar-refractivity contribution in [3.8, 4) is 0 Å². The molecule has 0 amide bonds. The minimum atomic E-state index is -2.95. The number of sulfone groups is 1. The first-order valence-electron chi connectivity index (χ1n) is 6.36. The molecule has 0 spiro atoms. The van der Waals surface area contributed by atoms with Gasteiger partial charge in [0.15, 0.2) is 9.84 Å². The van der Waals surface area contributed by atoms with Gasteiger partial charge >= 0.3 is 0 Å². The van der Waals surface area contributed by atoms with Crippen LogP contribution in [0, 0.1) is 0 Å². The van der Waals surface area contributed by atoms with Crippen LogP contribution in [0.4, 0.5) is 0 Å². The number of hydrogen-bond acceptors (Lipinski definition) is 4. The van der Waals surface area contributed by atoms with Crippen LogP contribution in [0.2, 0.25) is 0 Å². The minimum Gasteiger partial charge on any atom is -0.377 e.